The summed E-state index contributed by atoms with van der Waals surface area (Å²) in [6.45, 7) is 1.97. The monoisotopic (exact) mass is 452 g/mol. The molecule has 6 nitrogen and oxygen atoms in total. The molecular weight excluding hydrogens is 432 g/mol. The number of carbonyl (C=O) groups excluding carboxylic acids is 1. The van der Waals surface area contributed by atoms with Crippen molar-refractivity contribution in [2.45, 2.75) is 30.7 Å². The molecule has 8 heteroatoms. The summed E-state index contributed by atoms with van der Waals surface area (Å²) in [6.07, 6.45) is 2.24. The summed E-state index contributed by atoms with van der Waals surface area (Å²) in [5.74, 6) is 0.857. The maximum atomic E-state index is 12.7. The fourth-order valence-corrected chi connectivity index (χ4v) is 4.39. The molecule has 144 valence electrons. The van der Waals surface area contributed by atoms with Crippen molar-refractivity contribution >= 4 is 37.5 Å². The molecule has 0 heterocycles. The molecule has 1 aliphatic rings. The van der Waals surface area contributed by atoms with Gasteiger partial charge in [0.25, 0.3) is 15.9 Å². The van der Waals surface area contributed by atoms with Crippen molar-refractivity contribution in [2.75, 3.05) is 11.8 Å². The first kappa shape index (κ1) is 19.7. The van der Waals surface area contributed by atoms with Crippen LogP contribution in [-0.2, 0) is 10.0 Å². The quantitative estimate of drug-likeness (QED) is 0.668. The highest BCUT2D eigenvalue weighted by molar-refractivity contribution is 9.10. The second-order valence-electron chi connectivity index (χ2n) is 6.58. The van der Waals surface area contributed by atoms with E-state index < -0.39 is 10.0 Å². The smallest absolute Gasteiger partial charge is 0.261 e. The highest BCUT2D eigenvalue weighted by Gasteiger charge is 2.29. The number of sulfonamides is 1. The van der Waals surface area contributed by atoms with Gasteiger partial charge in [0, 0.05) is 11.6 Å². The molecule has 0 aromatic heterocycles. The first-order valence-corrected chi connectivity index (χ1v) is 10.8. The summed E-state index contributed by atoms with van der Waals surface area (Å²) in [6, 6.07) is 11.0. The van der Waals surface area contributed by atoms with Gasteiger partial charge in [0.1, 0.15) is 5.75 Å². The third-order valence-corrected chi connectivity index (χ3v) is 6.50. The molecule has 2 aromatic rings. The van der Waals surface area contributed by atoms with Gasteiger partial charge in [0.2, 0.25) is 0 Å². The molecule has 3 rings (SSSR count). The first-order chi connectivity index (χ1) is 12.8. The van der Waals surface area contributed by atoms with Crippen molar-refractivity contribution in [3.63, 3.8) is 0 Å². The Hall–Kier alpha value is -2.06. The van der Waals surface area contributed by atoms with Crippen molar-refractivity contribution in [1.82, 2.24) is 5.32 Å². The Labute approximate surface area is 167 Å². The molecule has 1 saturated carbocycles. The minimum Gasteiger partial charge on any atom is -0.496 e. The van der Waals surface area contributed by atoms with Gasteiger partial charge in [0.05, 0.1) is 22.2 Å². The van der Waals surface area contributed by atoms with Crippen LogP contribution in [0, 0.1) is 5.92 Å². The third kappa shape index (κ3) is 4.81. The lowest BCUT2D eigenvalue weighted by Gasteiger charge is -2.14. The zero-order valence-electron chi connectivity index (χ0n) is 15.0. The van der Waals surface area contributed by atoms with E-state index in [1.54, 1.807) is 30.3 Å². The molecular formula is C19H21BrN2O4S. The number of amides is 1. The molecule has 2 N–H and O–H groups in total. The van der Waals surface area contributed by atoms with Crippen LogP contribution >= 0.6 is 15.9 Å². The van der Waals surface area contributed by atoms with E-state index in [1.807, 2.05) is 6.92 Å². The van der Waals surface area contributed by atoms with Crippen LogP contribution < -0.4 is 14.8 Å². The van der Waals surface area contributed by atoms with Gasteiger partial charge in [-0.2, -0.15) is 0 Å². The maximum absolute atomic E-state index is 12.7. The molecule has 2 aromatic carbocycles. The lowest BCUT2D eigenvalue weighted by atomic mass is 10.1. The van der Waals surface area contributed by atoms with Crippen LogP contribution in [0.15, 0.2) is 51.8 Å². The highest BCUT2D eigenvalue weighted by Crippen LogP contribution is 2.32. The number of nitrogens with one attached hydrogen (secondary N) is 2. The summed E-state index contributed by atoms with van der Waals surface area (Å²) in [5.41, 5.74) is 0.709. The lowest BCUT2D eigenvalue weighted by Crippen LogP contribution is -2.34. The predicted molar refractivity (Wildman–Crippen MR) is 108 cm³/mol. The first-order valence-electron chi connectivity index (χ1n) is 8.57. The van der Waals surface area contributed by atoms with Crippen LogP contribution in [0.2, 0.25) is 0 Å². The number of hydrogen-bond donors (Lipinski definition) is 2. The van der Waals surface area contributed by atoms with E-state index in [0.717, 1.165) is 12.8 Å². The Balaban J connectivity index is 1.78. The van der Waals surface area contributed by atoms with Crippen molar-refractivity contribution < 1.29 is 17.9 Å². The van der Waals surface area contributed by atoms with E-state index in [1.165, 1.54) is 19.2 Å². The Morgan fingerprint density at radius 1 is 1.22 bits per heavy atom. The average molecular weight is 453 g/mol. The topological polar surface area (TPSA) is 84.5 Å². The van der Waals surface area contributed by atoms with Gasteiger partial charge in [-0.3, -0.25) is 9.52 Å². The number of carbonyl (C=O) groups is 1. The molecule has 1 amide bonds. The molecule has 1 aliphatic carbocycles. The van der Waals surface area contributed by atoms with Gasteiger partial charge >= 0.3 is 0 Å². The molecule has 1 fully saturated rings. The fraction of sp³-hybridized carbons (Fsp3) is 0.316. The standard InChI is InChI=1S/C19H21BrN2O4S/c1-12(13-6-7-13)21-19(23)14-4-3-5-16(10-14)27(24,25)22-15-8-9-18(26-2)17(20)11-15/h3-5,8-13,22H,6-7H2,1-2H3,(H,21,23). The van der Waals surface area contributed by atoms with Crippen LogP contribution in [0.1, 0.15) is 30.1 Å². The lowest BCUT2D eigenvalue weighted by molar-refractivity contribution is 0.0935. The molecule has 0 bridgehead atoms. The average Bonchev–Trinajstić information content (AvgIpc) is 3.47. The van der Waals surface area contributed by atoms with E-state index >= 15 is 0 Å². The molecule has 0 saturated heterocycles. The van der Waals surface area contributed by atoms with Crippen LogP contribution in [0.25, 0.3) is 0 Å². The third-order valence-electron chi connectivity index (χ3n) is 4.50. The number of ether oxygens (including phenoxy) is 1. The van der Waals surface area contributed by atoms with E-state index in [-0.39, 0.29) is 16.8 Å². The van der Waals surface area contributed by atoms with E-state index in [2.05, 4.69) is 26.0 Å². The van der Waals surface area contributed by atoms with E-state index in [0.29, 0.717) is 27.4 Å². The van der Waals surface area contributed by atoms with E-state index in [9.17, 15) is 13.2 Å². The van der Waals surface area contributed by atoms with Crippen molar-refractivity contribution in [2.24, 2.45) is 5.92 Å². The van der Waals surface area contributed by atoms with Crippen LogP contribution in [0.5, 0.6) is 5.75 Å². The SMILES string of the molecule is COc1ccc(NS(=O)(=O)c2cccc(C(=O)NC(C)C3CC3)c2)cc1Br. The Kier molecular flexibility index (Phi) is 5.76. The number of methoxy groups -OCH3 is 1. The minimum atomic E-state index is -3.83. The second kappa shape index (κ2) is 7.90. The fourth-order valence-electron chi connectivity index (χ4n) is 2.75. The van der Waals surface area contributed by atoms with Gasteiger partial charge in [-0.05, 0) is 78.0 Å². The van der Waals surface area contributed by atoms with Crippen LogP contribution in [0.4, 0.5) is 5.69 Å². The molecule has 1 atom stereocenters. The normalized spacial score (nSPS) is 15.1. The molecule has 0 spiro atoms. The summed E-state index contributed by atoms with van der Waals surface area (Å²) in [5, 5.41) is 2.93. The zero-order chi connectivity index (χ0) is 19.6. The Morgan fingerprint density at radius 2 is 1.96 bits per heavy atom. The van der Waals surface area contributed by atoms with Gasteiger partial charge < -0.3 is 10.1 Å². The Morgan fingerprint density at radius 3 is 2.59 bits per heavy atom. The summed E-state index contributed by atoms with van der Waals surface area (Å²) >= 11 is 3.33. The predicted octanol–water partition coefficient (Wildman–Crippen LogP) is 3.79. The highest BCUT2D eigenvalue weighted by atomic mass is 79.9. The number of halogens is 1. The van der Waals surface area contributed by atoms with Gasteiger partial charge in [-0.15, -0.1) is 0 Å². The molecule has 0 radical (unpaired) electrons. The van der Waals surface area contributed by atoms with Crippen molar-refractivity contribution in [1.29, 1.82) is 0 Å². The van der Waals surface area contributed by atoms with Gasteiger partial charge in [-0.1, -0.05) is 6.07 Å². The summed E-state index contributed by atoms with van der Waals surface area (Å²) in [7, 11) is -2.30. The second-order valence-corrected chi connectivity index (χ2v) is 9.12. The maximum Gasteiger partial charge on any atom is 0.261 e. The summed E-state index contributed by atoms with van der Waals surface area (Å²) in [4.78, 5) is 12.4. The largest absolute Gasteiger partial charge is 0.496 e. The number of rotatable bonds is 7. The number of benzene rings is 2. The van der Waals surface area contributed by atoms with Gasteiger partial charge in [-0.25, -0.2) is 8.42 Å². The van der Waals surface area contributed by atoms with Crippen LogP contribution in [-0.4, -0.2) is 27.5 Å². The van der Waals surface area contributed by atoms with Crippen molar-refractivity contribution in [3.8, 4) is 5.75 Å². The van der Waals surface area contributed by atoms with Crippen LogP contribution in [0.3, 0.4) is 0 Å². The molecule has 0 aliphatic heterocycles. The number of anilines is 1. The van der Waals surface area contributed by atoms with Gasteiger partial charge in [0.15, 0.2) is 0 Å². The molecule has 27 heavy (non-hydrogen) atoms. The van der Waals surface area contributed by atoms with E-state index in [4.69, 9.17) is 4.74 Å². The number of hydrogen-bond acceptors (Lipinski definition) is 4. The molecule has 1 unspecified atom stereocenters. The zero-order valence-corrected chi connectivity index (χ0v) is 17.4. The summed E-state index contributed by atoms with van der Waals surface area (Å²) < 4.78 is 33.7. The van der Waals surface area contributed by atoms with Crippen molar-refractivity contribution in [3.05, 3.63) is 52.5 Å². The Bertz CT molecular complexity index is 958. The minimum absolute atomic E-state index is 0.0289.